The predicted molar refractivity (Wildman–Crippen MR) is 118 cm³/mol. The van der Waals surface area contributed by atoms with Crippen molar-refractivity contribution in [3.05, 3.63) is 46.5 Å². The molecule has 0 atom stereocenters. The molecule has 2 aromatic rings. The van der Waals surface area contributed by atoms with Gasteiger partial charge in [0.25, 0.3) is 0 Å². The number of benzene rings is 2. The van der Waals surface area contributed by atoms with Crippen LogP contribution in [0.2, 0.25) is 39.3 Å². The van der Waals surface area contributed by atoms with Crippen molar-refractivity contribution in [1.29, 1.82) is 0 Å². The van der Waals surface area contributed by atoms with Gasteiger partial charge in [-0.05, 0) is 51.0 Å². The molecule has 0 N–H and O–H groups in total. The largest absolute Gasteiger partial charge is 0.457 e. The molecule has 0 fully saturated rings. The van der Waals surface area contributed by atoms with Crippen LogP contribution in [-0.4, -0.2) is 16.1 Å². The normalized spacial score (nSPS) is 12.4. The minimum Gasteiger partial charge on any atom is -0.457 e. The smallest absolute Gasteiger partial charge is 0.130 e. The highest BCUT2D eigenvalue weighted by molar-refractivity contribution is 6.89. The van der Waals surface area contributed by atoms with Gasteiger partial charge in [-0.15, -0.1) is 0 Å². The van der Waals surface area contributed by atoms with Gasteiger partial charge in [0, 0.05) is 0 Å². The summed E-state index contributed by atoms with van der Waals surface area (Å²) in [5.74, 6) is 2.02. The van der Waals surface area contributed by atoms with Crippen molar-refractivity contribution in [3.63, 3.8) is 0 Å². The topological polar surface area (TPSA) is 9.23 Å². The summed E-state index contributed by atoms with van der Waals surface area (Å²) < 4.78 is 6.47. The summed E-state index contributed by atoms with van der Waals surface area (Å²) in [6.45, 7) is 23.4. The molecule has 0 heterocycles. The highest BCUT2D eigenvalue weighted by Gasteiger charge is 2.25. The quantitative estimate of drug-likeness (QED) is 0.618. The average molecular weight is 371 g/mol. The summed E-state index contributed by atoms with van der Waals surface area (Å²) >= 11 is 0. The Hall–Kier alpha value is -1.33. The van der Waals surface area contributed by atoms with Crippen molar-refractivity contribution in [2.75, 3.05) is 0 Å². The summed E-state index contributed by atoms with van der Waals surface area (Å²) in [7, 11) is -2.82. The van der Waals surface area contributed by atoms with Crippen molar-refractivity contribution in [2.24, 2.45) is 0 Å². The minimum atomic E-state index is -1.41. The zero-order valence-corrected chi connectivity index (χ0v) is 19.7. The van der Waals surface area contributed by atoms with Crippen molar-refractivity contribution in [3.8, 4) is 11.5 Å². The average Bonchev–Trinajstić information content (AvgIpc) is 2.41. The van der Waals surface area contributed by atoms with Gasteiger partial charge in [-0.1, -0.05) is 72.9 Å². The van der Waals surface area contributed by atoms with E-state index in [-0.39, 0.29) is 0 Å². The maximum Gasteiger partial charge on any atom is 0.130 e. The third-order valence-corrected chi connectivity index (χ3v) is 9.51. The summed E-state index contributed by atoms with van der Waals surface area (Å²) in [4.78, 5) is 0. The first-order valence-electron chi connectivity index (χ1n) is 9.23. The van der Waals surface area contributed by atoms with E-state index in [1.165, 1.54) is 32.6 Å². The summed E-state index contributed by atoms with van der Waals surface area (Å²) in [6.07, 6.45) is 0. The summed E-state index contributed by atoms with van der Waals surface area (Å²) in [6, 6.07) is 8.72. The molecule has 2 rings (SSSR count). The molecule has 136 valence electrons. The third-order valence-electron chi connectivity index (χ3n) is 4.97. The molecule has 0 spiro atoms. The van der Waals surface area contributed by atoms with E-state index in [9.17, 15) is 0 Å². The number of ether oxygens (including phenoxy) is 1. The fraction of sp³-hybridized carbons (Fsp3) is 0.455. The Bertz CT molecular complexity index is 726. The van der Waals surface area contributed by atoms with Crippen LogP contribution in [-0.2, 0) is 0 Å². The monoisotopic (exact) mass is 370 g/mol. The van der Waals surface area contributed by atoms with Crippen LogP contribution in [0.1, 0.15) is 22.3 Å². The molecule has 0 amide bonds. The van der Waals surface area contributed by atoms with Gasteiger partial charge in [0.05, 0.1) is 16.1 Å². The highest BCUT2D eigenvalue weighted by atomic mass is 28.3. The van der Waals surface area contributed by atoms with Gasteiger partial charge in [0.2, 0.25) is 0 Å². The van der Waals surface area contributed by atoms with Crippen LogP contribution in [0, 0.1) is 27.7 Å². The first-order chi connectivity index (χ1) is 11.3. The van der Waals surface area contributed by atoms with Gasteiger partial charge in [0.15, 0.2) is 0 Å². The second kappa shape index (κ2) is 6.77. The molecular weight excluding hydrogens is 336 g/mol. The highest BCUT2D eigenvalue weighted by Crippen LogP contribution is 2.29. The molecule has 0 unspecified atom stereocenters. The van der Waals surface area contributed by atoms with Gasteiger partial charge in [-0.25, -0.2) is 0 Å². The number of aryl methyl sites for hydroxylation is 2. The van der Waals surface area contributed by atoms with Crippen molar-refractivity contribution in [1.82, 2.24) is 0 Å². The Labute approximate surface area is 156 Å². The number of hydrogen-bond acceptors (Lipinski definition) is 1. The molecule has 1 nitrogen and oxygen atoms in total. The van der Waals surface area contributed by atoms with E-state index in [4.69, 9.17) is 4.74 Å². The molecule has 0 radical (unpaired) electrons. The first-order valence-corrected chi connectivity index (χ1v) is 16.2. The van der Waals surface area contributed by atoms with E-state index in [2.05, 4.69) is 91.2 Å². The van der Waals surface area contributed by atoms with E-state index in [0.717, 1.165) is 11.5 Å². The van der Waals surface area contributed by atoms with E-state index < -0.39 is 16.1 Å². The Morgan fingerprint density at radius 2 is 0.880 bits per heavy atom. The van der Waals surface area contributed by atoms with E-state index in [1.807, 2.05) is 0 Å². The summed E-state index contributed by atoms with van der Waals surface area (Å²) in [5, 5.41) is 3.06. The molecule has 2 aromatic carbocycles. The van der Waals surface area contributed by atoms with E-state index in [1.54, 1.807) is 0 Å². The van der Waals surface area contributed by atoms with Gasteiger partial charge in [-0.2, -0.15) is 0 Å². The minimum absolute atomic E-state index is 1.01. The van der Waals surface area contributed by atoms with Crippen LogP contribution in [0.25, 0.3) is 0 Å². The SMILES string of the molecule is Cc1ccc(Oc2ccc(C)c([Si](C)(C)C)c2C)c(C)c1[Si](C)(C)C. The zero-order valence-electron chi connectivity index (χ0n) is 17.7. The molecule has 3 heteroatoms. The van der Waals surface area contributed by atoms with Crippen molar-refractivity contribution < 1.29 is 4.74 Å². The van der Waals surface area contributed by atoms with Gasteiger partial charge < -0.3 is 4.74 Å². The van der Waals surface area contributed by atoms with Crippen LogP contribution < -0.4 is 15.1 Å². The molecular formula is C22H34OSi2. The lowest BCUT2D eigenvalue weighted by molar-refractivity contribution is 0.476. The second-order valence-corrected chi connectivity index (χ2v) is 19.4. The molecule has 0 aliphatic carbocycles. The Balaban J connectivity index is 2.56. The summed E-state index contributed by atoms with van der Waals surface area (Å²) in [5.41, 5.74) is 5.42. The molecule has 0 aromatic heterocycles. The molecule has 25 heavy (non-hydrogen) atoms. The van der Waals surface area contributed by atoms with Crippen LogP contribution in [0.3, 0.4) is 0 Å². The molecule has 0 saturated heterocycles. The van der Waals surface area contributed by atoms with E-state index in [0.29, 0.717) is 0 Å². The van der Waals surface area contributed by atoms with Crippen molar-refractivity contribution >= 4 is 26.5 Å². The second-order valence-electron chi connectivity index (χ2n) is 9.36. The van der Waals surface area contributed by atoms with Gasteiger partial charge in [0.1, 0.15) is 11.5 Å². The lowest BCUT2D eigenvalue weighted by Crippen LogP contribution is -2.42. The predicted octanol–water partition coefficient (Wildman–Crippen LogP) is 5.80. The van der Waals surface area contributed by atoms with Crippen LogP contribution in [0.15, 0.2) is 24.3 Å². The standard InChI is InChI=1S/C22H34OSi2/c1-15-11-13-19(17(3)21(15)24(5,6)7)23-20-14-12-16(2)22(18(20)4)25(8,9)10/h11-14H,1-10H3. The van der Waals surface area contributed by atoms with E-state index >= 15 is 0 Å². The number of hydrogen-bond donors (Lipinski definition) is 0. The Morgan fingerprint density at radius 1 is 0.560 bits per heavy atom. The fourth-order valence-electron chi connectivity index (χ4n) is 4.30. The maximum atomic E-state index is 6.47. The molecule has 0 saturated carbocycles. The van der Waals surface area contributed by atoms with Crippen LogP contribution in [0.5, 0.6) is 11.5 Å². The Morgan fingerprint density at radius 3 is 1.16 bits per heavy atom. The molecule has 0 bridgehead atoms. The first kappa shape index (κ1) is 20.0. The Kier molecular flexibility index (Phi) is 5.41. The van der Waals surface area contributed by atoms with Gasteiger partial charge in [-0.3, -0.25) is 0 Å². The van der Waals surface area contributed by atoms with Gasteiger partial charge >= 0.3 is 0 Å². The van der Waals surface area contributed by atoms with Crippen LogP contribution in [0.4, 0.5) is 0 Å². The van der Waals surface area contributed by atoms with Crippen molar-refractivity contribution in [2.45, 2.75) is 67.0 Å². The lowest BCUT2D eigenvalue weighted by atomic mass is 10.1. The zero-order chi connectivity index (χ0) is 19.2. The fourth-order valence-corrected chi connectivity index (χ4v) is 9.33. The molecule has 0 aliphatic rings. The molecule has 0 aliphatic heterocycles. The lowest BCUT2D eigenvalue weighted by Gasteiger charge is -2.26. The number of rotatable bonds is 4. The maximum absolute atomic E-state index is 6.47. The third kappa shape index (κ3) is 4.09. The van der Waals surface area contributed by atoms with Crippen LogP contribution >= 0.6 is 0 Å².